The summed E-state index contributed by atoms with van der Waals surface area (Å²) in [5, 5.41) is 19.6. The Morgan fingerprint density at radius 1 is 1.23 bits per heavy atom. The molecule has 3 heterocycles. The molecule has 0 spiro atoms. The zero-order valence-corrected chi connectivity index (χ0v) is 17.9. The van der Waals surface area contributed by atoms with Gasteiger partial charge in [0.25, 0.3) is 0 Å². The molecule has 1 atom stereocenters. The fourth-order valence-corrected chi connectivity index (χ4v) is 4.80. The van der Waals surface area contributed by atoms with Gasteiger partial charge in [0, 0.05) is 4.88 Å². The number of ether oxygens (including phenoxy) is 1. The van der Waals surface area contributed by atoms with Gasteiger partial charge in [-0.25, -0.2) is 9.67 Å². The quantitative estimate of drug-likeness (QED) is 0.456. The summed E-state index contributed by atoms with van der Waals surface area (Å²) >= 11 is 1.71. The molecule has 0 aliphatic heterocycles. The van der Waals surface area contributed by atoms with Gasteiger partial charge in [-0.05, 0) is 55.4 Å². The monoisotopic (exact) mass is 423 g/mol. The van der Waals surface area contributed by atoms with Crippen molar-refractivity contribution >= 4 is 16.2 Å². The van der Waals surface area contributed by atoms with Crippen LogP contribution in [0.2, 0.25) is 0 Å². The van der Waals surface area contributed by atoms with E-state index in [4.69, 9.17) is 4.74 Å². The average molecular weight is 424 g/mol. The Bertz CT molecular complexity index is 1140. The molecule has 7 nitrogen and oxygen atoms in total. The summed E-state index contributed by atoms with van der Waals surface area (Å²) in [5.74, 6) is 2.00. The molecule has 30 heavy (non-hydrogen) atoms. The topological polar surface area (TPSA) is 77.5 Å². The standard InChI is InChI=1S/C22H25N5O2S/c1-14(2)9-10-29-17-7-5-16(6-8-17)27-12-18(24-25-27)21(28)20-22(15-3-4-15)30-19-11-23-13-26(19)20/h5-8,11-15,21,28H,3-4,9-10H2,1-2H3. The molecule has 1 N–H and O–H groups in total. The van der Waals surface area contributed by atoms with Gasteiger partial charge >= 0.3 is 0 Å². The third-order valence-electron chi connectivity index (χ3n) is 5.39. The number of fused-ring (bicyclic) bond motifs is 1. The van der Waals surface area contributed by atoms with Gasteiger partial charge in [0.05, 0.1) is 30.4 Å². The minimum Gasteiger partial charge on any atom is -0.494 e. The molecule has 0 saturated heterocycles. The molecule has 3 aromatic heterocycles. The lowest BCUT2D eigenvalue weighted by atomic mass is 10.1. The van der Waals surface area contributed by atoms with Crippen LogP contribution in [0.3, 0.4) is 0 Å². The first-order chi connectivity index (χ1) is 14.6. The SMILES string of the molecule is CC(C)CCOc1ccc(-n2cc(C(O)c3c(C4CC4)sc4cncn34)nn2)cc1. The Labute approximate surface area is 179 Å². The number of aromatic nitrogens is 5. The molecule has 4 aromatic rings. The minimum atomic E-state index is -0.837. The summed E-state index contributed by atoms with van der Waals surface area (Å²) in [6, 6.07) is 7.77. The molecule has 1 aromatic carbocycles. The number of imidazole rings is 1. The van der Waals surface area contributed by atoms with Crippen LogP contribution < -0.4 is 4.74 Å². The molecule has 156 valence electrons. The summed E-state index contributed by atoms with van der Waals surface area (Å²) in [4.78, 5) is 6.50. The van der Waals surface area contributed by atoms with Gasteiger partial charge in [-0.3, -0.25) is 4.40 Å². The normalized spacial score (nSPS) is 15.2. The van der Waals surface area contributed by atoms with E-state index in [2.05, 4.69) is 29.1 Å². The van der Waals surface area contributed by atoms with Crippen molar-refractivity contribution in [1.29, 1.82) is 0 Å². The Morgan fingerprint density at radius 3 is 2.77 bits per heavy atom. The summed E-state index contributed by atoms with van der Waals surface area (Å²) in [6.45, 7) is 5.08. The lowest BCUT2D eigenvalue weighted by Gasteiger charge is -2.09. The van der Waals surface area contributed by atoms with E-state index in [0.29, 0.717) is 24.1 Å². The molecule has 0 amide bonds. The molecule has 0 radical (unpaired) electrons. The zero-order valence-electron chi connectivity index (χ0n) is 17.1. The number of hydrogen-bond acceptors (Lipinski definition) is 6. The van der Waals surface area contributed by atoms with E-state index >= 15 is 0 Å². The van der Waals surface area contributed by atoms with Crippen molar-refractivity contribution in [3.05, 3.63) is 59.3 Å². The first-order valence-corrected chi connectivity index (χ1v) is 11.2. The van der Waals surface area contributed by atoms with Crippen LogP contribution in [-0.4, -0.2) is 36.1 Å². The van der Waals surface area contributed by atoms with E-state index in [-0.39, 0.29) is 0 Å². The van der Waals surface area contributed by atoms with Gasteiger partial charge in [0.1, 0.15) is 28.7 Å². The van der Waals surface area contributed by atoms with E-state index in [0.717, 1.165) is 28.4 Å². The first kappa shape index (κ1) is 19.3. The number of rotatable bonds is 8. The molecule has 1 saturated carbocycles. The predicted octanol–water partition coefficient (Wildman–Crippen LogP) is 4.36. The van der Waals surface area contributed by atoms with Crippen LogP contribution in [0.15, 0.2) is 43.0 Å². The van der Waals surface area contributed by atoms with Gasteiger partial charge in [-0.1, -0.05) is 19.1 Å². The predicted molar refractivity (Wildman–Crippen MR) is 115 cm³/mol. The van der Waals surface area contributed by atoms with Crippen LogP contribution in [0.25, 0.3) is 10.5 Å². The van der Waals surface area contributed by atoms with Gasteiger partial charge in [0.15, 0.2) is 0 Å². The van der Waals surface area contributed by atoms with Crippen LogP contribution in [0, 0.1) is 5.92 Å². The Hall–Kier alpha value is -2.71. The maximum absolute atomic E-state index is 11.1. The lowest BCUT2D eigenvalue weighted by Crippen LogP contribution is -2.06. The van der Waals surface area contributed by atoms with Crippen LogP contribution in [0.4, 0.5) is 0 Å². The molecule has 1 unspecified atom stereocenters. The second-order valence-electron chi connectivity index (χ2n) is 8.24. The van der Waals surface area contributed by atoms with Gasteiger partial charge < -0.3 is 9.84 Å². The van der Waals surface area contributed by atoms with Crippen LogP contribution in [0.1, 0.15) is 61.4 Å². The van der Waals surface area contributed by atoms with E-state index in [9.17, 15) is 5.11 Å². The Morgan fingerprint density at radius 2 is 2.03 bits per heavy atom. The van der Waals surface area contributed by atoms with E-state index in [1.807, 2.05) is 34.9 Å². The molecule has 1 fully saturated rings. The molecular weight excluding hydrogens is 398 g/mol. The summed E-state index contributed by atoms with van der Waals surface area (Å²) in [7, 11) is 0. The van der Waals surface area contributed by atoms with Gasteiger partial charge in [-0.15, -0.1) is 16.4 Å². The van der Waals surface area contributed by atoms with Crippen molar-refractivity contribution in [2.45, 2.75) is 45.1 Å². The third-order valence-corrected chi connectivity index (χ3v) is 6.67. The number of nitrogens with zero attached hydrogens (tertiary/aromatic N) is 5. The van der Waals surface area contributed by atoms with E-state index < -0.39 is 6.10 Å². The second-order valence-corrected chi connectivity index (χ2v) is 9.31. The lowest BCUT2D eigenvalue weighted by molar-refractivity contribution is 0.208. The smallest absolute Gasteiger partial charge is 0.141 e. The maximum atomic E-state index is 11.1. The molecule has 5 rings (SSSR count). The van der Waals surface area contributed by atoms with Crippen LogP contribution >= 0.6 is 11.3 Å². The van der Waals surface area contributed by atoms with Crippen molar-refractivity contribution in [3.63, 3.8) is 0 Å². The molecule has 0 bridgehead atoms. The van der Waals surface area contributed by atoms with Crippen molar-refractivity contribution in [1.82, 2.24) is 24.4 Å². The van der Waals surface area contributed by atoms with Crippen molar-refractivity contribution in [2.75, 3.05) is 6.61 Å². The number of thiazole rings is 1. The van der Waals surface area contributed by atoms with Gasteiger partial charge in [-0.2, -0.15) is 0 Å². The molecular formula is C22H25N5O2S. The summed E-state index contributed by atoms with van der Waals surface area (Å²) in [6.07, 6.45) is 7.94. The van der Waals surface area contributed by atoms with Crippen molar-refractivity contribution in [3.8, 4) is 11.4 Å². The average Bonchev–Trinajstić information content (AvgIpc) is 3.14. The highest BCUT2D eigenvalue weighted by Crippen LogP contribution is 2.47. The largest absolute Gasteiger partial charge is 0.494 e. The first-order valence-electron chi connectivity index (χ1n) is 10.4. The second kappa shape index (κ2) is 7.85. The summed E-state index contributed by atoms with van der Waals surface area (Å²) in [5.41, 5.74) is 2.27. The summed E-state index contributed by atoms with van der Waals surface area (Å²) < 4.78 is 9.44. The third kappa shape index (κ3) is 3.73. The minimum absolute atomic E-state index is 0.530. The van der Waals surface area contributed by atoms with Crippen molar-refractivity contribution in [2.24, 2.45) is 5.92 Å². The molecule has 8 heteroatoms. The number of benzene rings is 1. The van der Waals surface area contributed by atoms with E-state index in [1.54, 1.807) is 28.5 Å². The van der Waals surface area contributed by atoms with Crippen LogP contribution in [-0.2, 0) is 0 Å². The van der Waals surface area contributed by atoms with Crippen LogP contribution in [0.5, 0.6) is 5.75 Å². The maximum Gasteiger partial charge on any atom is 0.141 e. The molecule has 1 aliphatic rings. The Kier molecular flexibility index (Phi) is 5.04. The zero-order chi connectivity index (χ0) is 20.7. The fraction of sp³-hybridized carbons (Fsp3) is 0.409. The number of hydrogen-bond donors (Lipinski definition) is 1. The van der Waals surface area contributed by atoms with E-state index in [1.165, 1.54) is 17.7 Å². The highest BCUT2D eigenvalue weighted by Gasteiger charge is 2.33. The number of aliphatic hydroxyl groups excluding tert-OH is 1. The highest BCUT2D eigenvalue weighted by atomic mass is 32.1. The van der Waals surface area contributed by atoms with Crippen molar-refractivity contribution < 1.29 is 9.84 Å². The number of aliphatic hydroxyl groups is 1. The Balaban J connectivity index is 1.36. The van der Waals surface area contributed by atoms with Gasteiger partial charge in [0.2, 0.25) is 0 Å². The highest BCUT2D eigenvalue weighted by molar-refractivity contribution is 7.17. The fourth-order valence-electron chi connectivity index (χ4n) is 3.50. The molecule has 1 aliphatic carbocycles.